The summed E-state index contributed by atoms with van der Waals surface area (Å²) in [6, 6.07) is 0. The second-order valence-corrected chi connectivity index (χ2v) is 2.32. The lowest BCUT2D eigenvalue weighted by atomic mass is 10.6. The van der Waals surface area contributed by atoms with Gasteiger partial charge in [-0.15, -0.1) is 12.6 Å². The number of rotatable bonds is 4. The second kappa shape index (κ2) is 4.40. The molecule has 0 aromatic rings. The van der Waals surface area contributed by atoms with Crippen LogP contribution in [0.3, 0.4) is 0 Å². The Morgan fingerprint density at radius 1 is 1.40 bits per heavy atom. The first kappa shape index (κ1) is 9.58. The van der Waals surface area contributed by atoms with Crippen LogP contribution in [-0.4, -0.2) is 16.8 Å². The lowest BCUT2D eigenvalue weighted by molar-refractivity contribution is -0.115. The van der Waals surface area contributed by atoms with E-state index in [4.69, 9.17) is 0 Å². The van der Waals surface area contributed by atoms with Crippen LogP contribution in [0.5, 0.6) is 0 Å². The van der Waals surface area contributed by atoms with E-state index in [0.29, 0.717) is 0 Å². The van der Waals surface area contributed by atoms with Gasteiger partial charge >= 0.3 is 0 Å². The Labute approximate surface area is 69.3 Å². The quantitative estimate of drug-likeness (QED) is 0.373. The van der Waals surface area contributed by atoms with Crippen molar-refractivity contribution in [3.05, 3.63) is 12.3 Å². The number of thiol groups is 2. The number of hydrogen-bond acceptors (Lipinski definition) is 3. The molecule has 0 heterocycles. The zero-order valence-electron chi connectivity index (χ0n) is 5.03. The van der Waals surface area contributed by atoms with Crippen LogP contribution in [0.15, 0.2) is 12.3 Å². The molecule has 0 radical (unpaired) electrons. The molecule has 3 nitrogen and oxygen atoms in total. The highest BCUT2D eigenvalue weighted by atomic mass is 32.1. The van der Waals surface area contributed by atoms with Crippen molar-refractivity contribution in [2.24, 2.45) is 0 Å². The molecule has 0 saturated heterocycles. The summed E-state index contributed by atoms with van der Waals surface area (Å²) in [5.74, 6) is -0.147. The third-order valence-electron chi connectivity index (χ3n) is 0.608. The normalized spacial score (nSPS) is 8.60. The highest BCUT2D eigenvalue weighted by Gasteiger charge is 2.02. The maximum absolute atomic E-state index is 10.3. The summed E-state index contributed by atoms with van der Waals surface area (Å²) in [6.07, 6.45) is 0. The van der Waals surface area contributed by atoms with Crippen molar-refractivity contribution in [2.45, 2.75) is 0 Å². The van der Waals surface area contributed by atoms with Crippen LogP contribution in [0.1, 0.15) is 0 Å². The summed E-state index contributed by atoms with van der Waals surface area (Å²) in [4.78, 5) is 20.4. The highest BCUT2D eigenvalue weighted by Crippen LogP contribution is 1.98. The van der Waals surface area contributed by atoms with Gasteiger partial charge in [0.25, 0.3) is 0 Å². The molecule has 0 aromatic carbocycles. The topological polar surface area (TPSA) is 43.4 Å². The molecule has 0 aliphatic carbocycles. The van der Waals surface area contributed by atoms with E-state index in [1.165, 1.54) is 0 Å². The molecule has 0 amide bonds. The van der Waals surface area contributed by atoms with Crippen molar-refractivity contribution in [3.8, 4) is 0 Å². The SMILES string of the molecule is C=C(OCC(=O)S)C(=O)S. The molecule has 0 atom stereocenters. The third-order valence-corrected chi connectivity index (χ3v) is 0.987. The van der Waals surface area contributed by atoms with E-state index >= 15 is 0 Å². The minimum atomic E-state index is -0.588. The molecular weight excluding hydrogens is 172 g/mol. The lowest BCUT2D eigenvalue weighted by Gasteiger charge is -2.00. The van der Waals surface area contributed by atoms with E-state index in [1.54, 1.807) is 0 Å². The smallest absolute Gasteiger partial charge is 0.250 e. The van der Waals surface area contributed by atoms with Crippen LogP contribution in [0.25, 0.3) is 0 Å². The fourth-order valence-electron chi connectivity index (χ4n) is 0.211. The first-order chi connectivity index (χ1) is 4.54. The fraction of sp³-hybridized carbons (Fsp3) is 0.200. The van der Waals surface area contributed by atoms with Gasteiger partial charge in [0.15, 0.2) is 12.4 Å². The number of hydrogen-bond donors (Lipinski definition) is 2. The Morgan fingerprint density at radius 2 is 1.90 bits per heavy atom. The zero-order chi connectivity index (χ0) is 8.15. The van der Waals surface area contributed by atoms with Crippen molar-refractivity contribution >= 4 is 35.5 Å². The minimum absolute atomic E-state index is 0.147. The summed E-state index contributed by atoms with van der Waals surface area (Å²) < 4.78 is 4.52. The molecule has 0 rings (SSSR count). The fourth-order valence-corrected chi connectivity index (χ4v) is 0.340. The van der Waals surface area contributed by atoms with E-state index < -0.39 is 10.2 Å². The summed E-state index contributed by atoms with van der Waals surface area (Å²) in [6.45, 7) is 2.94. The summed E-state index contributed by atoms with van der Waals surface area (Å²) in [5, 5.41) is -1.05. The zero-order valence-corrected chi connectivity index (χ0v) is 6.82. The van der Waals surface area contributed by atoms with Crippen LogP contribution in [0.2, 0.25) is 0 Å². The first-order valence-corrected chi connectivity index (χ1v) is 3.20. The van der Waals surface area contributed by atoms with Crippen LogP contribution < -0.4 is 0 Å². The molecule has 0 saturated carbocycles. The average molecular weight is 178 g/mol. The first-order valence-electron chi connectivity index (χ1n) is 2.31. The Kier molecular flexibility index (Phi) is 4.22. The van der Waals surface area contributed by atoms with Gasteiger partial charge in [-0.1, -0.05) is 19.2 Å². The molecule has 10 heavy (non-hydrogen) atoms. The Morgan fingerprint density at radius 3 is 2.20 bits per heavy atom. The third kappa shape index (κ3) is 4.46. The summed E-state index contributed by atoms with van der Waals surface area (Å²) in [7, 11) is 0. The van der Waals surface area contributed by atoms with E-state index in [-0.39, 0.29) is 12.4 Å². The molecule has 56 valence electrons. The van der Waals surface area contributed by atoms with Crippen molar-refractivity contribution in [1.82, 2.24) is 0 Å². The van der Waals surface area contributed by atoms with Crippen LogP contribution in [0.4, 0.5) is 0 Å². The van der Waals surface area contributed by atoms with Gasteiger partial charge in [0.1, 0.15) is 0 Å². The average Bonchev–Trinajstić information content (AvgIpc) is 1.82. The lowest BCUT2D eigenvalue weighted by Crippen LogP contribution is -2.04. The monoisotopic (exact) mass is 178 g/mol. The van der Waals surface area contributed by atoms with Crippen molar-refractivity contribution in [2.75, 3.05) is 6.61 Å². The van der Waals surface area contributed by atoms with Gasteiger partial charge in [0.05, 0.1) is 0 Å². The molecule has 0 bridgehead atoms. The summed E-state index contributed by atoms with van der Waals surface area (Å²) in [5.41, 5.74) is 0. The van der Waals surface area contributed by atoms with Gasteiger partial charge in [0, 0.05) is 0 Å². The maximum atomic E-state index is 10.3. The van der Waals surface area contributed by atoms with Gasteiger partial charge in [-0.05, 0) is 0 Å². The Balaban J connectivity index is 3.60. The molecule has 0 fully saturated rings. The predicted molar refractivity (Wildman–Crippen MR) is 43.1 cm³/mol. The van der Waals surface area contributed by atoms with Crippen molar-refractivity contribution in [3.63, 3.8) is 0 Å². The molecule has 0 aliphatic heterocycles. The van der Waals surface area contributed by atoms with Crippen LogP contribution in [-0.2, 0) is 14.3 Å². The Bertz CT molecular complexity index is 176. The maximum Gasteiger partial charge on any atom is 0.250 e. The standard InChI is InChI=1S/C5H6O3S2/c1-3(5(7)10)8-2-4(6)9/h1-2H2,(H,6,9)(H,7,10). The molecule has 0 unspecified atom stereocenters. The minimum Gasteiger partial charge on any atom is -0.481 e. The van der Waals surface area contributed by atoms with Gasteiger partial charge in [-0.3, -0.25) is 9.59 Å². The van der Waals surface area contributed by atoms with E-state index in [9.17, 15) is 9.59 Å². The largest absolute Gasteiger partial charge is 0.481 e. The molecule has 5 heteroatoms. The number of ether oxygens (including phenoxy) is 1. The molecular formula is C5H6O3S2. The molecule has 0 spiro atoms. The van der Waals surface area contributed by atoms with Gasteiger partial charge < -0.3 is 4.74 Å². The van der Waals surface area contributed by atoms with Gasteiger partial charge in [-0.2, -0.15) is 0 Å². The molecule has 0 N–H and O–H groups in total. The Hall–Kier alpha value is -0.420. The van der Waals surface area contributed by atoms with E-state index in [1.807, 2.05) is 0 Å². The van der Waals surface area contributed by atoms with E-state index in [0.717, 1.165) is 0 Å². The van der Waals surface area contributed by atoms with Crippen molar-refractivity contribution in [1.29, 1.82) is 0 Å². The van der Waals surface area contributed by atoms with Gasteiger partial charge in [-0.25, -0.2) is 0 Å². The number of carbonyl (C=O) groups excluding carboxylic acids is 2. The number of carbonyl (C=O) groups is 2. The summed E-state index contributed by atoms with van der Waals surface area (Å²) >= 11 is 6.80. The van der Waals surface area contributed by atoms with Gasteiger partial charge in [0.2, 0.25) is 10.2 Å². The highest BCUT2D eigenvalue weighted by molar-refractivity contribution is 7.97. The molecule has 0 aliphatic rings. The van der Waals surface area contributed by atoms with Crippen LogP contribution >= 0.6 is 25.3 Å². The second-order valence-electron chi connectivity index (χ2n) is 1.41. The predicted octanol–water partition coefficient (Wildman–Crippen LogP) is 0.429. The van der Waals surface area contributed by atoms with E-state index in [2.05, 4.69) is 36.6 Å². The van der Waals surface area contributed by atoms with Crippen molar-refractivity contribution < 1.29 is 14.3 Å². The molecule has 0 aromatic heterocycles. The van der Waals surface area contributed by atoms with Crippen LogP contribution in [0, 0.1) is 0 Å².